The molecule has 1 amide bonds. The van der Waals surface area contributed by atoms with Crippen LogP contribution in [-0.4, -0.2) is 30.4 Å². The number of nitrogens with two attached hydrogens (primary N) is 1. The van der Waals surface area contributed by atoms with E-state index in [2.05, 4.69) is 39.8 Å². The molecule has 130 valence electrons. The van der Waals surface area contributed by atoms with Gasteiger partial charge in [0.2, 0.25) is 5.91 Å². The summed E-state index contributed by atoms with van der Waals surface area (Å²) in [5.74, 6) is 0.623. The molecule has 24 heavy (non-hydrogen) atoms. The number of rotatable bonds is 4. The number of hydrogen-bond donors (Lipinski definition) is 1. The molecule has 0 bridgehead atoms. The second kappa shape index (κ2) is 6.25. The summed E-state index contributed by atoms with van der Waals surface area (Å²) in [6.07, 6.45) is 3.12. The van der Waals surface area contributed by atoms with Crippen LogP contribution >= 0.6 is 0 Å². The largest absolute Gasteiger partial charge is 0.464 e. The first-order valence-corrected chi connectivity index (χ1v) is 8.81. The molecule has 1 saturated heterocycles. The van der Waals surface area contributed by atoms with E-state index in [0.717, 1.165) is 36.0 Å². The van der Waals surface area contributed by atoms with Crippen molar-refractivity contribution in [2.24, 2.45) is 11.1 Å². The number of aryl methyl sites for hydroxylation is 1. The summed E-state index contributed by atoms with van der Waals surface area (Å²) >= 11 is 0. The van der Waals surface area contributed by atoms with Crippen LogP contribution in [-0.2, 0) is 11.2 Å². The Bertz CT molecular complexity index is 762. The van der Waals surface area contributed by atoms with Crippen molar-refractivity contribution >= 4 is 16.9 Å². The summed E-state index contributed by atoms with van der Waals surface area (Å²) in [6.45, 7) is 10.8. The molecule has 1 atom stereocenters. The third-order valence-corrected chi connectivity index (χ3v) is 5.41. The molecule has 3 rings (SSSR count). The number of amides is 1. The molecule has 1 aromatic heterocycles. The van der Waals surface area contributed by atoms with E-state index >= 15 is 0 Å². The first-order valence-electron chi connectivity index (χ1n) is 8.81. The van der Waals surface area contributed by atoms with Crippen molar-refractivity contribution in [3.05, 3.63) is 35.1 Å². The minimum absolute atomic E-state index is 0.0655. The maximum Gasteiger partial charge on any atom is 0.227 e. The number of hydrogen-bond acceptors (Lipinski definition) is 3. The predicted octanol–water partition coefficient (Wildman–Crippen LogP) is 3.60. The Morgan fingerprint density at radius 1 is 1.42 bits per heavy atom. The van der Waals surface area contributed by atoms with E-state index in [1.807, 2.05) is 4.90 Å². The van der Waals surface area contributed by atoms with E-state index in [1.54, 1.807) is 6.26 Å². The van der Waals surface area contributed by atoms with E-state index in [-0.39, 0.29) is 11.3 Å². The SMILES string of the molecule is Cc1cc2occ(CC(=O)N3CCC(C)(CN)C3)c2cc1C(C)C. The van der Waals surface area contributed by atoms with Gasteiger partial charge in [-0.3, -0.25) is 4.79 Å². The second-order valence-corrected chi connectivity index (χ2v) is 7.88. The van der Waals surface area contributed by atoms with Gasteiger partial charge in [0, 0.05) is 24.0 Å². The summed E-state index contributed by atoms with van der Waals surface area (Å²) in [6, 6.07) is 4.27. The fourth-order valence-corrected chi connectivity index (χ4v) is 3.68. The average molecular weight is 328 g/mol. The highest BCUT2D eigenvalue weighted by molar-refractivity contribution is 5.88. The Kier molecular flexibility index (Phi) is 4.43. The summed E-state index contributed by atoms with van der Waals surface area (Å²) in [7, 11) is 0. The maximum atomic E-state index is 12.7. The highest BCUT2D eigenvalue weighted by atomic mass is 16.3. The Morgan fingerprint density at radius 3 is 2.79 bits per heavy atom. The number of benzene rings is 1. The standard InChI is InChI=1S/C20H28N2O2/c1-13(2)16-9-17-15(10-24-18(17)7-14(16)3)8-19(23)22-6-5-20(4,11-21)12-22/h7,9-10,13H,5-6,8,11-12,21H2,1-4H3. The van der Waals surface area contributed by atoms with Crippen LogP contribution in [0, 0.1) is 12.3 Å². The molecule has 0 radical (unpaired) electrons. The van der Waals surface area contributed by atoms with Crippen molar-refractivity contribution in [2.75, 3.05) is 19.6 Å². The summed E-state index contributed by atoms with van der Waals surface area (Å²) in [4.78, 5) is 14.6. The van der Waals surface area contributed by atoms with Crippen LogP contribution in [0.3, 0.4) is 0 Å². The minimum atomic E-state index is 0.0655. The van der Waals surface area contributed by atoms with Crippen molar-refractivity contribution in [3.8, 4) is 0 Å². The first kappa shape index (κ1) is 17.0. The fraction of sp³-hybridized carbons (Fsp3) is 0.550. The minimum Gasteiger partial charge on any atom is -0.464 e. The maximum absolute atomic E-state index is 12.7. The molecule has 1 fully saturated rings. The number of nitrogens with zero attached hydrogens (tertiary/aromatic N) is 1. The summed E-state index contributed by atoms with van der Waals surface area (Å²) in [5.41, 5.74) is 10.3. The molecule has 1 unspecified atom stereocenters. The number of furan rings is 1. The van der Waals surface area contributed by atoms with E-state index in [4.69, 9.17) is 10.2 Å². The Labute approximate surface area is 144 Å². The van der Waals surface area contributed by atoms with Crippen molar-refractivity contribution in [1.82, 2.24) is 4.90 Å². The molecule has 0 saturated carbocycles. The number of fused-ring (bicyclic) bond motifs is 1. The monoisotopic (exact) mass is 328 g/mol. The van der Waals surface area contributed by atoms with Gasteiger partial charge in [-0.05, 0) is 54.5 Å². The molecular weight excluding hydrogens is 300 g/mol. The number of likely N-dealkylation sites (tertiary alicyclic amines) is 1. The molecule has 1 aliphatic heterocycles. The first-order chi connectivity index (χ1) is 11.3. The van der Waals surface area contributed by atoms with Gasteiger partial charge in [-0.2, -0.15) is 0 Å². The lowest BCUT2D eigenvalue weighted by atomic mass is 9.90. The van der Waals surface area contributed by atoms with E-state index in [9.17, 15) is 4.79 Å². The van der Waals surface area contributed by atoms with Gasteiger partial charge in [0.1, 0.15) is 5.58 Å². The van der Waals surface area contributed by atoms with Crippen molar-refractivity contribution < 1.29 is 9.21 Å². The Morgan fingerprint density at radius 2 is 2.17 bits per heavy atom. The van der Waals surface area contributed by atoms with Gasteiger partial charge in [-0.15, -0.1) is 0 Å². The van der Waals surface area contributed by atoms with Crippen LogP contribution in [0.5, 0.6) is 0 Å². The molecule has 2 aromatic rings. The Balaban J connectivity index is 1.83. The second-order valence-electron chi connectivity index (χ2n) is 7.88. The smallest absolute Gasteiger partial charge is 0.227 e. The number of carbonyl (C=O) groups is 1. The molecule has 0 spiro atoms. The van der Waals surface area contributed by atoms with Crippen molar-refractivity contribution in [2.45, 2.75) is 46.5 Å². The fourth-order valence-electron chi connectivity index (χ4n) is 3.68. The lowest BCUT2D eigenvalue weighted by Crippen LogP contribution is -2.35. The molecular formula is C20H28N2O2. The van der Waals surface area contributed by atoms with Crippen molar-refractivity contribution in [3.63, 3.8) is 0 Å². The van der Waals surface area contributed by atoms with Crippen LogP contribution in [0.1, 0.15) is 49.8 Å². The normalized spacial score (nSPS) is 21.2. The van der Waals surface area contributed by atoms with Gasteiger partial charge in [-0.1, -0.05) is 20.8 Å². The van der Waals surface area contributed by atoms with E-state index in [0.29, 0.717) is 18.9 Å². The summed E-state index contributed by atoms with van der Waals surface area (Å²) < 4.78 is 5.70. The molecule has 4 nitrogen and oxygen atoms in total. The average Bonchev–Trinajstić information content (AvgIpc) is 3.11. The molecule has 4 heteroatoms. The van der Waals surface area contributed by atoms with Gasteiger partial charge in [-0.25, -0.2) is 0 Å². The van der Waals surface area contributed by atoms with Crippen LogP contribution in [0.15, 0.2) is 22.8 Å². The van der Waals surface area contributed by atoms with Crippen LogP contribution in [0.4, 0.5) is 0 Å². The predicted molar refractivity (Wildman–Crippen MR) is 97.1 cm³/mol. The zero-order valence-electron chi connectivity index (χ0n) is 15.2. The van der Waals surface area contributed by atoms with Gasteiger partial charge in [0.25, 0.3) is 0 Å². The van der Waals surface area contributed by atoms with Gasteiger partial charge in [0.05, 0.1) is 12.7 Å². The highest BCUT2D eigenvalue weighted by Gasteiger charge is 2.34. The van der Waals surface area contributed by atoms with E-state index < -0.39 is 0 Å². The lowest BCUT2D eigenvalue weighted by molar-refractivity contribution is -0.129. The molecule has 2 N–H and O–H groups in total. The molecule has 2 heterocycles. The zero-order valence-corrected chi connectivity index (χ0v) is 15.2. The number of carbonyl (C=O) groups excluding carboxylic acids is 1. The van der Waals surface area contributed by atoms with Gasteiger partial charge >= 0.3 is 0 Å². The van der Waals surface area contributed by atoms with Crippen LogP contribution in [0.25, 0.3) is 11.0 Å². The summed E-state index contributed by atoms with van der Waals surface area (Å²) in [5, 5.41) is 1.07. The highest BCUT2D eigenvalue weighted by Crippen LogP contribution is 2.31. The Hall–Kier alpha value is -1.81. The third-order valence-electron chi connectivity index (χ3n) is 5.41. The quantitative estimate of drug-likeness (QED) is 0.933. The molecule has 0 aliphatic carbocycles. The van der Waals surface area contributed by atoms with Crippen LogP contribution < -0.4 is 5.73 Å². The van der Waals surface area contributed by atoms with Crippen LogP contribution in [0.2, 0.25) is 0 Å². The molecule has 1 aliphatic rings. The lowest BCUT2D eigenvalue weighted by Gasteiger charge is -2.22. The third kappa shape index (κ3) is 3.07. The van der Waals surface area contributed by atoms with Crippen molar-refractivity contribution in [1.29, 1.82) is 0 Å². The topological polar surface area (TPSA) is 59.5 Å². The zero-order chi connectivity index (χ0) is 17.5. The molecule has 1 aromatic carbocycles. The van der Waals surface area contributed by atoms with E-state index in [1.165, 1.54) is 11.1 Å². The van der Waals surface area contributed by atoms with Gasteiger partial charge in [0.15, 0.2) is 0 Å². The van der Waals surface area contributed by atoms with Gasteiger partial charge < -0.3 is 15.1 Å².